The van der Waals surface area contributed by atoms with E-state index >= 15 is 0 Å². The summed E-state index contributed by atoms with van der Waals surface area (Å²) < 4.78 is 5.47. The minimum absolute atomic E-state index is 0.0434. The van der Waals surface area contributed by atoms with Crippen LogP contribution in [0.4, 0.5) is 5.69 Å². The minimum atomic E-state index is -0.792. The molecule has 0 fully saturated rings. The highest BCUT2D eigenvalue weighted by Crippen LogP contribution is 2.29. The number of aliphatic hydroxyl groups is 1. The van der Waals surface area contributed by atoms with Crippen LogP contribution in [0.1, 0.15) is 18.6 Å². The fourth-order valence-corrected chi connectivity index (χ4v) is 1.59. The number of non-ortho nitro benzene ring substituents is 1. The number of nitro groups is 1. The number of aliphatic hydroxyl groups excluding tert-OH is 1. The Morgan fingerprint density at radius 1 is 1.59 bits per heavy atom. The lowest BCUT2D eigenvalue weighted by molar-refractivity contribution is -0.385. The number of ether oxygens (including phenoxy) is 1. The molecule has 1 aromatic rings. The van der Waals surface area contributed by atoms with E-state index in [1.165, 1.54) is 18.2 Å². The van der Waals surface area contributed by atoms with Crippen molar-refractivity contribution in [2.45, 2.75) is 13.0 Å². The second kappa shape index (κ2) is 6.46. The van der Waals surface area contributed by atoms with Crippen molar-refractivity contribution in [1.82, 2.24) is 0 Å². The first-order chi connectivity index (χ1) is 8.06. The number of nitrogens with zero attached hydrogens (tertiary/aromatic N) is 1. The molecule has 0 heterocycles. The molecule has 94 valence electrons. The third kappa shape index (κ3) is 3.90. The van der Waals surface area contributed by atoms with Gasteiger partial charge in [-0.25, -0.2) is 0 Å². The van der Waals surface area contributed by atoms with E-state index in [2.05, 4.69) is 0 Å². The van der Waals surface area contributed by atoms with Crippen LogP contribution < -0.4 is 4.74 Å². The predicted molar refractivity (Wildman–Crippen MR) is 67.6 cm³/mol. The summed E-state index contributed by atoms with van der Waals surface area (Å²) in [7, 11) is 0. The molecule has 1 atom stereocenters. The lowest BCUT2D eigenvalue weighted by Gasteiger charge is -2.12. The summed E-state index contributed by atoms with van der Waals surface area (Å²) in [5.74, 6) is 1.33. The fraction of sp³-hybridized carbons (Fsp3) is 0.455. The van der Waals surface area contributed by atoms with Gasteiger partial charge >= 0.3 is 0 Å². The van der Waals surface area contributed by atoms with Crippen molar-refractivity contribution in [3.8, 4) is 5.75 Å². The minimum Gasteiger partial charge on any atom is -0.492 e. The van der Waals surface area contributed by atoms with Gasteiger partial charge < -0.3 is 9.84 Å². The van der Waals surface area contributed by atoms with Crippen LogP contribution >= 0.6 is 11.8 Å². The van der Waals surface area contributed by atoms with Gasteiger partial charge in [-0.1, -0.05) is 0 Å². The van der Waals surface area contributed by atoms with E-state index in [4.69, 9.17) is 4.74 Å². The van der Waals surface area contributed by atoms with Gasteiger partial charge in [0.25, 0.3) is 5.69 Å². The largest absolute Gasteiger partial charge is 0.492 e. The van der Waals surface area contributed by atoms with Crippen molar-refractivity contribution in [3.63, 3.8) is 0 Å². The first-order valence-corrected chi connectivity index (χ1v) is 6.53. The van der Waals surface area contributed by atoms with Crippen molar-refractivity contribution < 1.29 is 14.8 Å². The van der Waals surface area contributed by atoms with Gasteiger partial charge in [0.2, 0.25) is 0 Å². The number of hydrogen-bond acceptors (Lipinski definition) is 5. The zero-order valence-electron chi connectivity index (χ0n) is 9.75. The lowest BCUT2D eigenvalue weighted by atomic mass is 10.1. The summed E-state index contributed by atoms with van der Waals surface area (Å²) in [6.07, 6.45) is 1.17. The van der Waals surface area contributed by atoms with Crippen molar-refractivity contribution in [2.75, 3.05) is 18.6 Å². The first-order valence-electron chi connectivity index (χ1n) is 5.14. The molecule has 0 saturated heterocycles. The molecule has 1 N–H and O–H groups in total. The van der Waals surface area contributed by atoms with Gasteiger partial charge in [-0.2, -0.15) is 11.8 Å². The van der Waals surface area contributed by atoms with E-state index in [0.717, 1.165) is 5.75 Å². The normalized spacial score (nSPS) is 12.2. The van der Waals surface area contributed by atoms with Crippen LogP contribution in [-0.2, 0) is 0 Å². The SMILES string of the molecule is CSCCOc1ccc([N+](=O)[O-])cc1[C@H](C)O. The average Bonchev–Trinajstić information content (AvgIpc) is 2.29. The van der Waals surface area contributed by atoms with E-state index < -0.39 is 11.0 Å². The maximum Gasteiger partial charge on any atom is 0.270 e. The number of rotatable bonds is 6. The third-order valence-electron chi connectivity index (χ3n) is 2.20. The van der Waals surface area contributed by atoms with Gasteiger partial charge in [-0.15, -0.1) is 0 Å². The molecule has 0 aliphatic rings. The van der Waals surface area contributed by atoms with E-state index in [1.54, 1.807) is 18.7 Å². The Morgan fingerprint density at radius 3 is 2.82 bits per heavy atom. The summed E-state index contributed by atoms with van der Waals surface area (Å²) in [6.45, 7) is 2.07. The van der Waals surface area contributed by atoms with E-state index in [-0.39, 0.29) is 5.69 Å². The monoisotopic (exact) mass is 257 g/mol. The Labute approximate surface area is 104 Å². The average molecular weight is 257 g/mol. The zero-order chi connectivity index (χ0) is 12.8. The van der Waals surface area contributed by atoms with Crippen LogP contribution in [0.3, 0.4) is 0 Å². The maximum absolute atomic E-state index is 10.6. The fourth-order valence-electron chi connectivity index (χ4n) is 1.34. The molecule has 5 nitrogen and oxygen atoms in total. The molecule has 0 unspecified atom stereocenters. The number of nitro benzene ring substituents is 1. The van der Waals surface area contributed by atoms with Gasteiger partial charge in [-0.05, 0) is 19.2 Å². The van der Waals surface area contributed by atoms with Gasteiger partial charge in [0, 0.05) is 23.4 Å². The smallest absolute Gasteiger partial charge is 0.270 e. The molecule has 0 amide bonds. The topological polar surface area (TPSA) is 72.6 Å². The highest BCUT2D eigenvalue weighted by molar-refractivity contribution is 7.98. The lowest BCUT2D eigenvalue weighted by Crippen LogP contribution is -2.04. The van der Waals surface area contributed by atoms with Crippen LogP contribution in [0.5, 0.6) is 5.75 Å². The number of benzene rings is 1. The standard InChI is InChI=1S/C11H15NO4S/c1-8(13)10-7-9(12(14)15)3-4-11(10)16-5-6-17-2/h3-4,7-8,13H,5-6H2,1-2H3/t8-/m0/s1. The van der Waals surface area contributed by atoms with Crippen molar-refractivity contribution in [1.29, 1.82) is 0 Å². The Balaban J connectivity index is 2.92. The molecule has 0 aromatic heterocycles. The van der Waals surface area contributed by atoms with Crippen molar-refractivity contribution >= 4 is 17.4 Å². The number of thioether (sulfide) groups is 1. The Kier molecular flexibility index (Phi) is 5.24. The maximum atomic E-state index is 10.6. The van der Waals surface area contributed by atoms with Crippen LogP contribution in [-0.4, -0.2) is 28.6 Å². The van der Waals surface area contributed by atoms with Gasteiger partial charge in [-0.3, -0.25) is 10.1 Å². The molecule has 1 rings (SSSR count). The molecule has 0 spiro atoms. The summed E-state index contributed by atoms with van der Waals surface area (Å²) in [6, 6.07) is 4.25. The molecular formula is C11H15NO4S. The third-order valence-corrected chi connectivity index (χ3v) is 2.77. The molecule has 17 heavy (non-hydrogen) atoms. The van der Waals surface area contributed by atoms with E-state index in [0.29, 0.717) is 17.9 Å². The Morgan fingerprint density at radius 2 is 2.29 bits per heavy atom. The van der Waals surface area contributed by atoms with E-state index in [9.17, 15) is 15.2 Å². The number of hydrogen-bond donors (Lipinski definition) is 1. The van der Waals surface area contributed by atoms with Gasteiger partial charge in [0.15, 0.2) is 0 Å². The van der Waals surface area contributed by atoms with Gasteiger partial charge in [0.05, 0.1) is 17.6 Å². The molecule has 6 heteroatoms. The second-order valence-corrected chi connectivity index (χ2v) is 4.48. The predicted octanol–water partition coefficient (Wildman–Crippen LogP) is 2.39. The van der Waals surface area contributed by atoms with E-state index in [1.807, 2.05) is 6.26 Å². The van der Waals surface area contributed by atoms with Gasteiger partial charge in [0.1, 0.15) is 5.75 Å². The Bertz CT molecular complexity index is 395. The van der Waals surface area contributed by atoms with Crippen molar-refractivity contribution in [2.24, 2.45) is 0 Å². The summed E-state index contributed by atoms with van der Waals surface area (Å²) >= 11 is 1.65. The Hall–Kier alpha value is -1.27. The highest BCUT2D eigenvalue weighted by Gasteiger charge is 2.15. The molecule has 0 radical (unpaired) electrons. The molecule has 0 aliphatic carbocycles. The molecule has 0 bridgehead atoms. The van der Waals surface area contributed by atoms with Crippen LogP contribution in [0.2, 0.25) is 0 Å². The molecule has 0 aliphatic heterocycles. The summed E-state index contributed by atoms with van der Waals surface area (Å²) in [5.41, 5.74) is 0.401. The molecule has 1 aromatic carbocycles. The first kappa shape index (κ1) is 13.8. The quantitative estimate of drug-likeness (QED) is 0.481. The second-order valence-electron chi connectivity index (χ2n) is 3.50. The zero-order valence-corrected chi connectivity index (χ0v) is 10.6. The van der Waals surface area contributed by atoms with Crippen molar-refractivity contribution in [3.05, 3.63) is 33.9 Å². The molecular weight excluding hydrogens is 242 g/mol. The summed E-state index contributed by atoms with van der Waals surface area (Å²) in [5, 5.41) is 20.2. The van der Waals surface area contributed by atoms with Crippen LogP contribution in [0, 0.1) is 10.1 Å². The molecule has 0 saturated carbocycles. The van der Waals surface area contributed by atoms with Crippen LogP contribution in [0.25, 0.3) is 0 Å². The van der Waals surface area contributed by atoms with Crippen LogP contribution in [0.15, 0.2) is 18.2 Å². The summed E-state index contributed by atoms with van der Waals surface area (Å²) in [4.78, 5) is 10.1. The highest BCUT2D eigenvalue weighted by atomic mass is 32.2.